The third kappa shape index (κ3) is 2.84. The third-order valence-electron chi connectivity index (χ3n) is 4.20. The monoisotopic (exact) mass is 326 g/mol. The number of nitrogens with two attached hydrogens (primary N) is 1. The zero-order valence-electron chi connectivity index (χ0n) is 10.8. The lowest BCUT2D eigenvalue weighted by molar-refractivity contribution is -0.101. The van der Waals surface area contributed by atoms with Gasteiger partial charge in [-0.25, -0.2) is 0 Å². The van der Waals surface area contributed by atoms with Gasteiger partial charge in [-0.3, -0.25) is 4.98 Å². The molecule has 3 atom stereocenters. The van der Waals surface area contributed by atoms with Crippen LogP contribution in [0.3, 0.4) is 0 Å². The molecule has 104 valence electrons. The van der Waals surface area contributed by atoms with Crippen LogP contribution in [0.25, 0.3) is 0 Å². The van der Waals surface area contributed by atoms with Crippen LogP contribution in [0.5, 0.6) is 0 Å². The number of nitrogens with zero attached hydrogens (tertiary/aromatic N) is 1. The zero-order chi connectivity index (χ0) is 13.3. The Morgan fingerprint density at radius 3 is 3.00 bits per heavy atom. The van der Waals surface area contributed by atoms with Gasteiger partial charge in [-0.1, -0.05) is 0 Å². The summed E-state index contributed by atoms with van der Waals surface area (Å²) < 4.78 is 12.4. The second kappa shape index (κ2) is 5.48. The minimum atomic E-state index is -0.0874. The van der Waals surface area contributed by atoms with Crippen molar-refractivity contribution in [3.05, 3.63) is 28.5 Å². The van der Waals surface area contributed by atoms with Crippen molar-refractivity contribution >= 4 is 15.9 Å². The molecule has 19 heavy (non-hydrogen) atoms. The van der Waals surface area contributed by atoms with E-state index >= 15 is 0 Å². The number of rotatable bonds is 2. The Balaban J connectivity index is 1.72. The van der Waals surface area contributed by atoms with Gasteiger partial charge < -0.3 is 15.2 Å². The largest absolute Gasteiger partial charge is 0.378 e. The smallest absolute Gasteiger partial charge is 0.0940 e. The van der Waals surface area contributed by atoms with Gasteiger partial charge in [-0.15, -0.1) is 0 Å². The SMILES string of the molecule is NC(c1ccc(Br)cn1)C1CCOC2(CCOC2)C1. The Morgan fingerprint density at radius 1 is 1.42 bits per heavy atom. The molecule has 5 heteroatoms. The van der Waals surface area contributed by atoms with Crippen LogP contribution in [0.2, 0.25) is 0 Å². The van der Waals surface area contributed by atoms with E-state index in [-0.39, 0.29) is 11.6 Å². The molecule has 0 radical (unpaired) electrons. The van der Waals surface area contributed by atoms with Gasteiger partial charge in [0.1, 0.15) is 0 Å². The maximum absolute atomic E-state index is 6.40. The number of hydrogen-bond acceptors (Lipinski definition) is 4. The van der Waals surface area contributed by atoms with Crippen LogP contribution in [0.15, 0.2) is 22.8 Å². The molecule has 0 bridgehead atoms. The molecule has 2 N–H and O–H groups in total. The molecular weight excluding hydrogens is 308 g/mol. The fourth-order valence-corrected chi connectivity index (χ4v) is 3.30. The van der Waals surface area contributed by atoms with E-state index in [0.717, 1.165) is 42.6 Å². The Kier molecular flexibility index (Phi) is 3.89. The number of aromatic nitrogens is 1. The maximum atomic E-state index is 6.40. The highest BCUT2D eigenvalue weighted by Gasteiger charge is 2.42. The molecule has 0 saturated carbocycles. The first-order valence-electron chi connectivity index (χ1n) is 6.77. The van der Waals surface area contributed by atoms with Crippen molar-refractivity contribution in [2.45, 2.75) is 30.9 Å². The van der Waals surface area contributed by atoms with Gasteiger partial charge in [-0.2, -0.15) is 0 Å². The molecule has 0 aromatic carbocycles. The summed E-state index contributed by atoms with van der Waals surface area (Å²) in [4.78, 5) is 4.42. The molecule has 3 unspecified atom stereocenters. The predicted molar refractivity (Wildman–Crippen MR) is 75.7 cm³/mol. The number of halogens is 1. The second-order valence-electron chi connectivity index (χ2n) is 5.51. The standard InChI is InChI=1S/C14H19BrN2O2/c15-11-1-2-12(17-8-11)13(16)10-3-5-19-14(7-10)4-6-18-9-14/h1-2,8,10,13H,3-7,9,16H2. The van der Waals surface area contributed by atoms with Crippen molar-refractivity contribution in [3.8, 4) is 0 Å². The number of pyridine rings is 1. The molecule has 4 nitrogen and oxygen atoms in total. The molecule has 1 spiro atoms. The van der Waals surface area contributed by atoms with Crippen LogP contribution in [0.4, 0.5) is 0 Å². The highest BCUT2D eigenvalue weighted by atomic mass is 79.9. The predicted octanol–water partition coefficient (Wildman–Crippen LogP) is 2.43. The lowest BCUT2D eigenvalue weighted by Gasteiger charge is -2.39. The van der Waals surface area contributed by atoms with Crippen molar-refractivity contribution in [1.82, 2.24) is 4.98 Å². The summed E-state index contributed by atoms with van der Waals surface area (Å²) in [6.45, 7) is 2.29. The van der Waals surface area contributed by atoms with Crippen LogP contribution in [0.1, 0.15) is 31.0 Å². The van der Waals surface area contributed by atoms with Gasteiger partial charge in [0, 0.05) is 30.3 Å². The molecule has 2 aliphatic heterocycles. The van der Waals surface area contributed by atoms with Crippen molar-refractivity contribution < 1.29 is 9.47 Å². The van der Waals surface area contributed by atoms with Gasteiger partial charge in [0.05, 0.1) is 23.9 Å². The summed E-state index contributed by atoms with van der Waals surface area (Å²) in [5.41, 5.74) is 7.27. The molecule has 3 rings (SSSR count). The summed E-state index contributed by atoms with van der Waals surface area (Å²) in [6, 6.07) is 3.98. The fraction of sp³-hybridized carbons (Fsp3) is 0.643. The van der Waals surface area contributed by atoms with Crippen molar-refractivity contribution in [2.75, 3.05) is 19.8 Å². The Bertz CT molecular complexity index is 432. The molecule has 3 heterocycles. The Hall–Kier alpha value is -0.490. The van der Waals surface area contributed by atoms with E-state index in [1.165, 1.54) is 0 Å². The van der Waals surface area contributed by atoms with E-state index in [1.54, 1.807) is 0 Å². The molecule has 2 saturated heterocycles. The molecule has 2 fully saturated rings. The maximum Gasteiger partial charge on any atom is 0.0940 e. The van der Waals surface area contributed by atoms with Gasteiger partial charge >= 0.3 is 0 Å². The molecule has 0 aliphatic carbocycles. The minimum absolute atomic E-state index is 0.0190. The van der Waals surface area contributed by atoms with E-state index in [9.17, 15) is 0 Å². The van der Waals surface area contributed by atoms with E-state index < -0.39 is 0 Å². The summed E-state index contributed by atoms with van der Waals surface area (Å²) in [5, 5.41) is 0. The number of hydrogen-bond donors (Lipinski definition) is 1. The van der Waals surface area contributed by atoms with Crippen LogP contribution in [-0.2, 0) is 9.47 Å². The van der Waals surface area contributed by atoms with Crippen LogP contribution >= 0.6 is 15.9 Å². The second-order valence-corrected chi connectivity index (χ2v) is 6.43. The van der Waals surface area contributed by atoms with Gasteiger partial charge in [0.25, 0.3) is 0 Å². The van der Waals surface area contributed by atoms with Crippen LogP contribution < -0.4 is 5.73 Å². The quantitative estimate of drug-likeness (QED) is 0.906. The van der Waals surface area contributed by atoms with E-state index in [2.05, 4.69) is 20.9 Å². The van der Waals surface area contributed by atoms with Crippen LogP contribution in [0, 0.1) is 5.92 Å². The summed E-state index contributed by atoms with van der Waals surface area (Å²) in [5.74, 6) is 0.420. The summed E-state index contributed by atoms with van der Waals surface area (Å²) in [6.07, 6.45) is 4.78. The average Bonchev–Trinajstić information content (AvgIpc) is 2.87. The average molecular weight is 327 g/mol. The molecule has 2 aliphatic rings. The topological polar surface area (TPSA) is 57.4 Å². The first kappa shape index (κ1) is 13.5. The van der Waals surface area contributed by atoms with Crippen LogP contribution in [-0.4, -0.2) is 30.4 Å². The first-order valence-corrected chi connectivity index (χ1v) is 7.57. The highest BCUT2D eigenvalue weighted by Crippen LogP contribution is 2.39. The summed E-state index contributed by atoms with van der Waals surface area (Å²) in [7, 11) is 0. The first-order chi connectivity index (χ1) is 9.19. The normalized spacial score (nSPS) is 32.6. The third-order valence-corrected chi connectivity index (χ3v) is 4.67. The molecular formula is C14H19BrN2O2. The Morgan fingerprint density at radius 2 is 2.32 bits per heavy atom. The lowest BCUT2D eigenvalue weighted by Crippen LogP contribution is -2.43. The lowest BCUT2D eigenvalue weighted by atomic mass is 9.80. The van der Waals surface area contributed by atoms with E-state index in [4.69, 9.17) is 15.2 Å². The minimum Gasteiger partial charge on any atom is -0.378 e. The fourth-order valence-electron chi connectivity index (χ4n) is 3.06. The molecule has 1 aromatic rings. The van der Waals surface area contributed by atoms with Gasteiger partial charge in [0.2, 0.25) is 0 Å². The molecule has 0 amide bonds. The van der Waals surface area contributed by atoms with E-state index in [0.29, 0.717) is 12.5 Å². The number of ether oxygens (including phenoxy) is 2. The Labute approximate surface area is 121 Å². The van der Waals surface area contributed by atoms with Crippen molar-refractivity contribution in [2.24, 2.45) is 11.7 Å². The van der Waals surface area contributed by atoms with Gasteiger partial charge in [-0.05, 0) is 46.8 Å². The molecule has 1 aromatic heterocycles. The van der Waals surface area contributed by atoms with E-state index in [1.807, 2.05) is 18.3 Å². The summed E-state index contributed by atoms with van der Waals surface area (Å²) >= 11 is 3.40. The van der Waals surface area contributed by atoms with Gasteiger partial charge in [0.15, 0.2) is 0 Å². The van der Waals surface area contributed by atoms with Crippen molar-refractivity contribution in [3.63, 3.8) is 0 Å². The zero-order valence-corrected chi connectivity index (χ0v) is 12.4. The highest BCUT2D eigenvalue weighted by molar-refractivity contribution is 9.10. The van der Waals surface area contributed by atoms with Crippen molar-refractivity contribution in [1.29, 1.82) is 0 Å².